The highest BCUT2D eigenvalue weighted by Crippen LogP contribution is 2.29. The molecule has 2 rings (SSSR count). The molecule has 0 bridgehead atoms. The van der Waals surface area contributed by atoms with E-state index in [1.807, 2.05) is 11.2 Å². The molecule has 0 amide bonds. The third-order valence-electron chi connectivity index (χ3n) is 3.20. The third kappa shape index (κ3) is 3.33. The summed E-state index contributed by atoms with van der Waals surface area (Å²) in [5, 5.41) is 0. The van der Waals surface area contributed by atoms with E-state index in [4.69, 9.17) is 0 Å². The quantitative estimate of drug-likeness (QED) is 0.780. The summed E-state index contributed by atoms with van der Waals surface area (Å²) in [6, 6.07) is 2.89. The van der Waals surface area contributed by atoms with Gasteiger partial charge in [-0.25, -0.2) is 9.29 Å². The largest absolute Gasteiger partial charge is 0.417 e. The van der Waals surface area contributed by atoms with E-state index in [0.29, 0.717) is 11.9 Å². The van der Waals surface area contributed by atoms with Gasteiger partial charge >= 0.3 is 6.18 Å². The van der Waals surface area contributed by atoms with Crippen molar-refractivity contribution < 1.29 is 13.2 Å². The van der Waals surface area contributed by atoms with Gasteiger partial charge in [0.15, 0.2) is 0 Å². The van der Waals surface area contributed by atoms with E-state index in [1.54, 1.807) is 11.9 Å². The molecule has 106 valence electrons. The number of hydrogen-bond donors (Lipinski definition) is 0. The van der Waals surface area contributed by atoms with Crippen LogP contribution in [0.4, 0.5) is 19.0 Å². The van der Waals surface area contributed by atoms with E-state index < -0.39 is 11.7 Å². The summed E-state index contributed by atoms with van der Waals surface area (Å²) in [7, 11) is 0. The Balaban J connectivity index is 2.07. The molecule has 1 fully saturated rings. The van der Waals surface area contributed by atoms with Crippen LogP contribution in [0.2, 0.25) is 0 Å². The minimum Gasteiger partial charge on any atom is -0.354 e. The van der Waals surface area contributed by atoms with Gasteiger partial charge in [0.05, 0.1) is 5.56 Å². The zero-order chi connectivity index (χ0) is 14.0. The maximum absolute atomic E-state index is 12.5. The lowest BCUT2D eigenvalue weighted by Crippen LogP contribution is -2.49. The summed E-state index contributed by atoms with van der Waals surface area (Å²) >= 11 is 1.69. The average molecular weight is 291 g/mol. The first-order chi connectivity index (χ1) is 8.91. The van der Waals surface area contributed by atoms with Gasteiger partial charge < -0.3 is 4.90 Å². The van der Waals surface area contributed by atoms with Crippen LogP contribution in [0.3, 0.4) is 0 Å². The average Bonchev–Trinajstić information content (AvgIpc) is 2.38. The van der Waals surface area contributed by atoms with Gasteiger partial charge in [0, 0.05) is 31.9 Å². The molecule has 1 aliphatic heterocycles. The molecule has 1 saturated heterocycles. The van der Waals surface area contributed by atoms with Crippen LogP contribution in [-0.4, -0.2) is 41.2 Å². The molecule has 1 aromatic rings. The number of pyridine rings is 1. The van der Waals surface area contributed by atoms with Crippen molar-refractivity contribution in [3.8, 4) is 0 Å². The molecule has 0 unspecified atom stereocenters. The van der Waals surface area contributed by atoms with Gasteiger partial charge in [-0.3, -0.25) is 0 Å². The number of piperazine rings is 1. The number of hydrogen-bond acceptors (Lipinski definition) is 4. The van der Waals surface area contributed by atoms with Crippen LogP contribution >= 0.6 is 11.9 Å². The first kappa shape index (κ1) is 14.5. The van der Waals surface area contributed by atoms with Gasteiger partial charge in [0.2, 0.25) is 0 Å². The number of rotatable bonds is 2. The molecule has 0 saturated carbocycles. The minimum absolute atomic E-state index is 0.354. The Bertz CT molecular complexity index is 421. The van der Waals surface area contributed by atoms with E-state index in [2.05, 4.69) is 16.2 Å². The number of aromatic nitrogens is 1. The second kappa shape index (κ2) is 5.58. The van der Waals surface area contributed by atoms with Crippen LogP contribution in [0.5, 0.6) is 0 Å². The van der Waals surface area contributed by atoms with Crippen LogP contribution in [-0.2, 0) is 6.18 Å². The lowest BCUT2D eigenvalue weighted by molar-refractivity contribution is -0.137. The van der Waals surface area contributed by atoms with Gasteiger partial charge in [0.1, 0.15) is 5.82 Å². The predicted molar refractivity (Wildman–Crippen MR) is 71.1 cm³/mol. The van der Waals surface area contributed by atoms with E-state index >= 15 is 0 Å². The van der Waals surface area contributed by atoms with Crippen LogP contribution < -0.4 is 4.90 Å². The molecule has 0 radical (unpaired) electrons. The first-order valence-electron chi connectivity index (χ1n) is 6.01. The smallest absolute Gasteiger partial charge is 0.354 e. The molecule has 1 aromatic heterocycles. The third-order valence-corrected chi connectivity index (χ3v) is 4.21. The van der Waals surface area contributed by atoms with Crippen molar-refractivity contribution in [1.29, 1.82) is 0 Å². The van der Waals surface area contributed by atoms with Crippen molar-refractivity contribution in [2.45, 2.75) is 19.1 Å². The fraction of sp³-hybridized carbons (Fsp3) is 0.583. The number of nitrogens with zero attached hydrogens (tertiary/aromatic N) is 3. The Morgan fingerprint density at radius 2 is 2.05 bits per heavy atom. The maximum atomic E-state index is 12.5. The van der Waals surface area contributed by atoms with Crippen molar-refractivity contribution in [1.82, 2.24) is 9.29 Å². The van der Waals surface area contributed by atoms with Crippen molar-refractivity contribution in [3.05, 3.63) is 23.9 Å². The first-order valence-corrected chi connectivity index (χ1v) is 7.19. The molecule has 0 aliphatic carbocycles. The lowest BCUT2D eigenvalue weighted by atomic mass is 10.2. The van der Waals surface area contributed by atoms with E-state index in [0.717, 1.165) is 31.9 Å². The summed E-state index contributed by atoms with van der Waals surface area (Å²) in [5.74, 6) is 0.612. The van der Waals surface area contributed by atoms with Crippen molar-refractivity contribution in [2.75, 3.05) is 30.8 Å². The fourth-order valence-electron chi connectivity index (χ4n) is 2.16. The molecule has 19 heavy (non-hydrogen) atoms. The van der Waals surface area contributed by atoms with Crippen LogP contribution in [0.15, 0.2) is 18.3 Å². The Labute approximate surface area is 114 Å². The molecule has 2 heterocycles. The lowest BCUT2D eigenvalue weighted by Gasteiger charge is -2.39. The highest BCUT2D eigenvalue weighted by Gasteiger charge is 2.31. The zero-order valence-corrected chi connectivity index (χ0v) is 11.6. The molecule has 0 N–H and O–H groups in total. The molecular weight excluding hydrogens is 275 g/mol. The second-order valence-electron chi connectivity index (χ2n) is 4.52. The van der Waals surface area contributed by atoms with Crippen molar-refractivity contribution in [2.24, 2.45) is 0 Å². The SMILES string of the molecule is CSN1CCN(c2ccc(C(F)(F)F)cn2)C[C@H]1C. The standard InChI is InChI=1S/C12H16F3N3S/c1-9-8-17(5-6-18(9)19-2)11-4-3-10(7-16-11)12(13,14)15/h3-4,7,9H,5-6,8H2,1-2H3/t9-/m1/s1. The monoisotopic (exact) mass is 291 g/mol. The summed E-state index contributed by atoms with van der Waals surface area (Å²) in [6.45, 7) is 4.54. The Hall–Kier alpha value is -0.950. The summed E-state index contributed by atoms with van der Waals surface area (Å²) in [6.07, 6.45) is -1.39. The van der Waals surface area contributed by atoms with Gasteiger partial charge in [0.25, 0.3) is 0 Å². The molecule has 1 atom stereocenters. The molecule has 7 heteroatoms. The van der Waals surface area contributed by atoms with Gasteiger partial charge in [-0.1, -0.05) is 11.9 Å². The molecule has 1 aliphatic rings. The second-order valence-corrected chi connectivity index (χ2v) is 5.36. The summed E-state index contributed by atoms with van der Waals surface area (Å²) in [4.78, 5) is 5.96. The summed E-state index contributed by atoms with van der Waals surface area (Å²) < 4.78 is 39.6. The Morgan fingerprint density at radius 3 is 2.53 bits per heavy atom. The van der Waals surface area contributed by atoms with E-state index in [-0.39, 0.29) is 0 Å². The van der Waals surface area contributed by atoms with E-state index in [1.165, 1.54) is 6.07 Å². The highest BCUT2D eigenvalue weighted by molar-refractivity contribution is 7.96. The number of alkyl halides is 3. The van der Waals surface area contributed by atoms with Gasteiger partial charge in [-0.2, -0.15) is 13.2 Å². The topological polar surface area (TPSA) is 19.4 Å². The zero-order valence-electron chi connectivity index (χ0n) is 10.8. The van der Waals surface area contributed by atoms with Gasteiger partial charge in [-0.05, 0) is 25.3 Å². The number of halogens is 3. The van der Waals surface area contributed by atoms with Crippen LogP contribution in [0.1, 0.15) is 12.5 Å². The predicted octanol–water partition coefficient (Wildman–Crippen LogP) is 2.89. The number of anilines is 1. The van der Waals surface area contributed by atoms with Crippen LogP contribution in [0, 0.1) is 0 Å². The normalized spacial score (nSPS) is 21.7. The minimum atomic E-state index is -4.32. The summed E-state index contributed by atoms with van der Waals surface area (Å²) in [5.41, 5.74) is -0.702. The van der Waals surface area contributed by atoms with Crippen molar-refractivity contribution >= 4 is 17.8 Å². The molecular formula is C12H16F3N3S. The molecule has 3 nitrogen and oxygen atoms in total. The molecule has 0 aromatic carbocycles. The van der Waals surface area contributed by atoms with Gasteiger partial charge in [-0.15, -0.1) is 0 Å². The fourth-order valence-corrected chi connectivity index (χ4v) is 2.85. The maximum Gasteiger partial charge on any atom is 0.417 e. The molecule has 0 spiro atoms. The van der Waals surface area contributed by atoms with E-state index in [9.17, 15) is 13.2 Å². The van der Waals surface area contributed by atoms with Crippen molar-refractivity contribution in [3.63, 3.8) is 0 Å². The Kier molecular flexibility index (Phi) is 4.25. The highest BCUT2D eigenvalue weighted by atomic mass is 32.2. The van der Waals surface area contributed by atoms with Crippen LogP contribution in [0.25, 0.3) is 0 Å². The Morgan fingerprint density at radius 1 is 1.32 bits per heavy atom.